The minimum Gasteiger partial charge on any atom is -0.318 e. The number of nitrogens with zero attached hydrogens (tertiary/aromatic N) is 2. The van der Waals surface area contributed by atoms with Crippen molar-refractivity contribution in [3.8, 4) is 0 Å². The first-order chi connectivity index (χ1) is 10.2. The van der Waals surface area contributed by atoms with E-state index in [2.05, 4.69) is 36.1 Å². The van der Waals surface area contributed by atoms with Gasteiger partial charge in [-0.15, -0.1) is 0 Å². The molecule has 114 valence electrons. The predicted molar refractivity (Wildman–Crippen MR) is 84.8 cm³/mol. The zero-order valence-electron chi connectivity index (χ0n) is 13.1. The molecule has 4 nitrogen and oxygen atoms in total. The summed E-state index contributed by atoms with van der Waals surface area (Å²) >= 11 is 0. The van der Waals surface area contributed by atoms with Crippen molar-refractivity contribution in [3.63, 3.8) is 0 Å². The molecule has 0 amide bonds. The lowest BCUT2D eigenvalue weighted by molar-refractivity contribution is -0.141. The zero-order valence-corrected chi connectivity index (χ0v) is 13.1. The van der Waals surface area contributed by atoms with E-state index in [0.717, 1.165) is 18.6 Å². The molecule has 3 rings (SSSR count). The van der Waals surface area contributed by atoms with E-state index in [1.54, 1.807) is 0 Å². The monoisotopic (exact) mass is 288 g/mol. The van der Waals surface area contributed by atoms with Crippen molar-refractivity contribution < 1.29 is 9.51 Å². The average Bonchev–Trinajstić information content (AvgIpc) is 3.09. The molecule has 2 saturated heterocycles. The van der Waals surface area contributed by atoms with Crippen molar-refractivity contribution in [2.45, 2.75) is 51.6 Å². The minimum atomic E-state index is -0.340. The first-order valence-corrected chi connectivity index (χ1v) is 8.16. The molecule has 0 radical (unpaired) electrons. The molecule has 2 heterocycles. The quantitative estimate of drug-likeness (QED) is 0.776. The van der Waals surface area contributed by atoms with Crippen molar-refractivity contribution in [2.24, 2.45) is 0 Å². The van der Waals surface area contributed by atoms with Gasteiger partial charge in [0.15, 0.2) is 0 Å². The largest absolute Gasteiger partial charge is 0.528 e. The van der Waals surface area contributed by atoms with E-state index in [1.807, 2.05) is 18.2 Å². The molecule has 2 unspecified atom stereocenters. The van der Waals surface area contributed by atoms with Gasteiger partial charge in [0, 0.05) is 25.2 Å². The second-order valence-corrected chi connectivity index (χ2v) is 6.22. The molecule has 0 saturated carbocycles. The second-order valence-electron chi connectivity index (χ2n) is 6.22. The van der Waals surface area contributed by atoms with Crippen molar-refractivity contribution >= 4 is 12.6 Å². The van der Waals surface area contributed by atoms with E-state index in [1.165, 1.54) is 25.7 Å². The molecule has 0 bridgehead atoms. The molecule has 2 aliphatic rings. The summed E-state index contributed by atoms with van der Waals surface area (Å²) in [5, 5.41) is 4.16. The van der Waals surface area contributed by atoms with Crippen LogP contribution in [-0.2, 0) is 9.51 Å². The maximum Gasteiger partial charge on any atom is 0.528 e. The third-order valence-corrected chi connectivity index (χ3v) is 4.52. The van der Waals surface area contributed by atoms with Gasteiger partial charge in [0.1, 0.15) is 0 Å². The molecule has 2 aliphatic heterocycles. The number of hydrogen-bond donors (Lipinski definition) is 0. The summed E-state index contributed by atoms with van der Waals surface area (Å²) in [6.07, 6.45) is 4.79. The van der Waals surface area contributed by atoms with Crippen molar-refractivity contribution in [2.75, 3.05) is 13.1 Å². The summed E-state index contributed by atoms with van der Waals surface area (Å²) in [5.41, 5.74) is 1.08. The summed E-state index contributed by atoms with van der Waals surface area (Å²) < 4.78 is 12.4. The SMILES string of the molecule is CC1CCCN1OB(ON1CCCC1C)c1ccccc1. The average molecular weight is 288 g/mol. The van der Waals surface area contributed by atoms with Crippen molar-refractivity contribution in [3.05, 3.63) is 30.3 Å². The molecule has 0 N–H and O–H groups in total. The van der Waals surface area contributed by atoms with Crippen LogP contribution in [0.1, 0.15) is 39.5 Å². The number of benzene rings is 1. The standard InChI is InChI=1S/C16H25BN2O2/c1-14-8-6-12-18(14)20-17(16-10-4-3-5-11-16)21-19-13-7-9-15(19)2/h3-5,10-11,14-15H,6-9,12-13H2,1-2H3. The van der Waals surface area contributed by atoms with E-state index in [-0.39, 0.29) is 7.12 Å². The Morgan fingerprint density at radius 3 is 1.86 bits per heavy atom. The fourth-order valence-electron chi connectivity index (χ4n) is 3.12. The van der Waals surface area contributed by atoms with E-state index >= 15 is 0 Å². The molecule has 1 aromatic carbocycles. The van der Waals surface area contributed by atoms with Crippen LogP contribution < -0.4 is 5.46 Å². The van der Waals surface area contributed by atoms with E-state index in [0.29, 0.717) is 12.1 Å². The first-order valence-electron chi connectivity index (χ1n) is 8.16. The van der Waals surface area contributed by atoms with E-state index in [4.69, 9.17) is 9.51 Å². The van der Waals surface area contributed by atoms with Crippen LogP contribution in [0.3, 0.4) is 0 Å². The highest BCUT2D eigenvalue weighted by Crippen LogP contribution is 2.20. The molecule has 21 heavy (non-hydrogen) atoms. The van der Waals surface area contributed by atoms with Crippen LogP contribution in [0.25, 0.3) is 0 Å². The Morgan fingerprint density at radius 2 is 1.43 bits per heavy atom. The second kappa shape index (κ2) is 6.92. The van der Waals surface area contributed by atoms with Gasteiger partial charge in [0.2, 0.25) is 0 Å². The Balaban J connectivity index is 1.71. The molecule has 2 fully saturated rings. The predicted octanol–water partition coefficient (Wildman–Crippen LogP) is 2.21. The Kier molecular flexibility index (Phi) is 4.96. The Morgan fingerprint density at radius 1 is 0.905 bits per heavy atom. The number of rotatable bonds is 5. The Hall–Kier alpha value is -0.875. The highest BCUT2D eigenvalue weighted by atomic mass is 16.8. The van der Waals surface area contributed by atoms with Crippen LogP contribution in [0.2, 0.25) is 0 Å². The van der Waals surface area contributed by atoms with Gasteiger partial charge in [0.25, 0.3) is 0 Å². The van der Waals surface area contributed by atoms with Crippen LogP contribution in [0, 0.1) is 0 Å². The van der Waals surface area contributed by atoms with E-state index in [9.17, 15) is 0 Å². The maximum absolute atomic E-state index is 6.19. The zero-order chi connectivity index (χ0) is 14.7. The maximum atomic E-state index is 6.19. The summed E-state index contributed by atoms with van der Waals surface area (Å²) in [7, 11) is -0.340. The fourth-order valence-corrected chi connectivity index (χ4v) is 3.12. The van der Waals surface area contributed by atoms with Gasteiger partial charge < -0.3 is 9.51 Å². The summed E-state index contributed by atoms with van der Waals surface area (Å²) in [4.78, 5) is 0. The molecular weight excluding hydrogens is 263 g/mol. The number of hydrogen-bond acceptors (Lipinski definition) is 4. The van der Waals surface area contributed by atoms with Crippen LogP contribution in [0.15, 0.2) is 30.3 Å². The van der Waals surface area contributed by atoms with Gasteiger partial charge in [0.05, 0.1) is 0 Å². The van der Waals surface area contributed by atoms with Gasteiger partial charge in [-0.1, -0.05) is 30.3 Å². The smallest absolute Gasteiger partial charge is 0.318 e. The van der Waals surface area contributed by atoms with Crippen LogP contribution >= 0.6 is 0 Å². The van der Waals surface area contributed by atoms with E-state index < -0.39 is 0 Å². The highest BCUT2D eigenvalue weighted by molar-refractivity contribution is 6.61. The lowest BCUT2D eigenvalue weighted by Crippen LogP contribution is -2.48. The molecule has 0 aliphatic carbocycles. The fraction of sp³-hybridized carbons (Fsp3) is 0.625. The summed E-state index contributed by atoms with van der Waals surface area (Å²) in [5.74, 6) is 0. The first kappa shape index (κ1) is 15.0. The van der Waals surface area contributed by atoms with Gasteiger partial charge in [-0.2, -0.15) is 0 Å². The molecule has 0 spiro atoms. The van der Waals surface area contributed by atoms with Crippen LogP contribution in [-0.4, -0.2) is 42.4 Å². The molecule has 0 aromatic heterocycles. The molecule has 2 atom stereocenters. The van der Waals surface area contributed by atoms with Crippen molar-refractivity contribution in [1.82, 2.24) is 10.1 Å². The molecule has 5 heteroatoms. The minimum absolute atomic E-state index is 0.340. The molecule has 1 aromatic rings. The molecular formula is C16H25BN2O2. The Labute approximate surface area is 128 Å². The van der Waals surface area contributed by atoms with Crippen LogP contribution in [0.4, 0.5) is 0 Å². The third-order valence-electron chi connectivity index (χ3n) is 4.52. The topological polar surface area (TPSA) is 24.9 Å². The van der Waals surface area contributed by atoms with Crippen LogP contribution in [0.5, 0.6) is 0 Å². The van der Waals surface area contributed by atoms with Gasteiger partial charge >= 0.3 is 7.12 Å². The lowest BCUT2D eigenvalue weighted by Gasteiger charge is -2.29. The lowest BCUT2D eigenvalue weighted by atomic mass is 9.80. The van der Waals surface area contributed by atoms with Gasteiger partial charge in [-0.05, 0) is 45.0 Å². The third kappa shape index (κ3) is 3.66. The van der Waals surface area contributed by atoms with Gasteiger partial charge in [-0.25, -0.2) is 10.1 Å². The van der Waals surface area contributed by atoms with Crippen molar-refractivity contribution in [1.29, 1.82) is 0 Å². The summed E-state index contributed by atoms with van der Waals surface area (Å²) in [6, 6.07) is 11.2. The normalized spacial score (nSPS) is 27.3. The number of hydroxylamine groups is 4. The summed E-state index contributed by atoms with van der Waals surface area (Å²) in [6.45, 7) is 6.41. The highest BCUT2D eigenvalue weighted by Gasteiger charge is 2.34. The Bertz CT molecular complexity index is 423. The van der Waals surface area contributed by atoms with Gasteiger partial charge in [-0.3, -0.25) is 0 Å².